The summed E-state index contributed by atoms with van der Waals surface area (Å²) in [6.45, 7) is 18.7. The van der Waals surface area contributed by atoms with Crippen molar-refractivity contribution in [1.82, 2.24) is 0 Å². The van der Waals surface area contributed by atoms with Gasteiger partial charge in [-0.25, -0.2) is 8.42 Å². The first kappa shape index (κ1) is 29.9. The molecule has 0 N–H and O–H groups in total. The molecule has 4 nitrogen and oxygen atoms in total. The zero-order chi connectivity index (χ0) is 25.1. The van der Waals surface area contributed by atoms with Crippen molar-refractivity contribution in [3.05, 3.63) is 23.8 Å². The molecule has 4 rings (SSSR count). The molecule has 3 fully saturated rings. The predicted octanol–water partition coefficient (Wildman–Crippen LogP) is 4.29. The molecule has 0 heterocycles. The largest absolute Gasteiger partial charge is 1.00 e. The standard InChI is InChI=1S/C29H48O4S.Na/c1-18(2)21(5)19(3)16-20(4)25-10-11-26-24-9-8-22-17-23(33-34(30,31)32)12-14-28(22,6)27(24)13-15-29(25,26)7;/h8,19-21,23-27H,1,9-17H2,2-7H3,(H,30,31,32);/q;+1/p-1/t19?,20-,21?,23+,24+,25-,26+,27+,28+,29-;/m1./s1. The molecule has 0 aromatic carbocycles. The van der Waals surface area contributed by atoms with Crippen LogP contribution in [0.4, 0.5) is 0 Å². The summed E-state index contributed by atoms with van der Waals surface area (Å²) < 4.78 is 38.3. The number of hydrogen-bond donors (Lipinski definition) is 0. The molecule has 4 aliphatic rings. The Morgan fingerprint density at radius 1 is 1.14 bits per heavy atom. The van der Waals surface area contributed by atoms with Crippen molar-refractivity contribution < 1.29 is 46.7 Å². The van der Waals surface area contributed by atoms with Crippen LogP contribution in [0.25, 0.3) is 0 Å². The van der Waals surface area contributed by atoms with E-state index in [0.717, 1.165) is 36.5 Å². The quantitative estimate of drug-likeness (QED) is 0.220. The monoisotopic (exact) mass is 514 g/mol. The molecule has 2 unspecified atom stereocenters. The van der Waals surface area contributed by atoms with Gasteiger partial charge in [-0.1, -0.05) is 58.4 Å². The van der Waals surface area contributed by atoms with E-state index in [-0.39, 0.29) is 35.0 Å². The molecule has 0 aromatic rings. The number of allylic oxidation sites excluding steroid dienone is 2. The first-order valence-electron chi connectivity index (χ1n) is 13.7. The van der Waals surface area contributed by atoms with Gasteiger partial charge in [0.1, 0.15) is 0 Å². The Morgan fingerprint density at radius 2 is 1.83 bits per heavy atom. The Bertz CT molecular complexity index is 929. The van der Waals surface area contributed by atoms with E-state index in [1.165, 1.54) is 43.3 Å². The van der Waals surface area contributed by atoms with Crippen molar-refractivity contribution in [3.8, 4) is 0 Å². The molecule has 194 valence electrons. The molecule has 0 aliphatic heterocycles. The first-order valence-corrected chi connectivity index (χ1v) is 15.1. The molecule has 0 spiro atoms. The maximum atomic E-state index is 11.1. The second-order valence-electron chi connectivity index (χ2n) is 13.2. The summed E-state index contributed by atoms with van der Waals surface area (Å²) in [6, 6.07) is 0. The van der Waals surface area contributed by atoms with Crippen LogP contribution in [0.5, 0.6) is 0 Å². The second kappa shape index (κ2) is 10.8. The van der Waals surface area contributed by atoms with Crippen LogP contribution >= 0.6 is 0 Å². The first-order chi connectivity index (χ1) is 15.8. The van der Waals surface area contributed by atoms with Crippen molar-refractivity contribution in [2.75, 3.05) is 0 Å². The van der Waals surface area contributed by atoms with Crippen LogP contribution in [0.3, 0.4) is 0 Å². The summed E-state index contributed by atoms with van der Waals surface area (Å²) in [5, 5.41) is 0. The van der Waals surface area contributed by atoms with Crippen LogP contribution in [0, 0.1) is 52.3 Å². The van der Waals surface area contributed by atoms with E-state index in [4.69, 9.17) is 4.18 Å². The Hall–Kier alpha value is 0.350. The van der Waals surface area contributed by atoms with Gasteiger partial charge in [-0.15, -0.1) is 0 Å². The van der Waals surface area contributed by atoms with Crippen LogP contribution in [-0.4, -0.2) is 19.1 Å². The van der Waals surface area contributed by atoms with E-state index in [0.29, 0.717) is 36.0 Å². The van der Waals surface area contributed by atoms with Crippen LogP contribution in [0.15, 0.2) is 23.8 Å². The molecule has 0 saturated heterocycles. The topological polar surface area (TPSA) is 66.4 Å². The number of hydrogen-bond acceptors (Lipinski definition) is 4. The Labute approximate surface area is 237 Å². The molecule has 3 saturated carbocycles. The summed E-state index contributed by atoms with van der Waals surface area (Å²) in [7, 11) is -4.64. The molecular weight excluding hydrogens is 467 g/mol. The summed E-state index contributed by atoms with van der Waals surface area (Å²) in [5.74, 6) is 5.02. The van der Waals surface area contributed by atoms with Gasteiger partial charge in [0.05, 0.1) is 6.10 Å². The molecule has 0 aromatic heterocycles. The van der Waals surface area contributed by atoms with E-state index >= 15 is 0 Å². The van der Waals surface area contributed by atoms with Gasteiger partial charge in [0.15, 0.2) is 0 Å². The van der Waals surface area contributed by atoms with Crippen molar-refractivity contribution >= 4 is 10.4 Å². The van der Waals surface area contributed by atoms with E-state index in [2.05, 4.69) is 54.2 Å². The molecule has 0 amide bonds. The number of fused-ring (bicyclic) bond motifs is 5. The fraction of sp³-hybridized carbons (Fsp3) is 0.862. The molecule has 0 radical (unpaired) electrons. The third-order valence-electron chi connectivity index (χ3n) is 11.4. The summed E-state index contributed by atoms with van der Waals surface area (Å²) >= 11 is 0. The average Bonchev–Trinajstić information content (AvgIpc) is 3.09. The summed E-state index contributed by atoms with van der Waals surface area (Å²) in [5.41, 5.74) is 3.22. The van der Waals surface area contributed by atoms with Gasteiger partial charge in [-0.05, 0) is 117 Å². The zero-order valence-corrected chi connectivity index (χ0v) is 26.1. The minimum absolute atomic E-state index is 0. The van der Waals surface area contributed by atoms with Crippen LogP contribution in [-0.2, 0) is 14.6 Å². The van der Waals surface area contributed by atoms with Gasteiger partial charge in [-0.3, -0.25) is 4.18 Å². The summed E-state index contributed by atoms with van der Waals surface area (Å²) in [4.78, 5) is 0. The number of rotatable bonds is 7. The Kier molecular flexibility index (Phi) is 9.27. The Morgan fingerprint density at radius 3 is 2.46 bits per heavy atom. The van der Waals surface area contributed by atoms with E-state index in [9.17, 15) is 13.0 Å². The van der Waals surface area contributed by atoms with Gasteiger partial charge in [0.25, 0.3) is 0 Å². The molecule has 10 atom stereocenters. The van der Waals surface area contributed by atoms with Gasteiger partial charge in [0.2, 0.25) is 10.4 Å². The smallest absolute Gasteiger partial charge is 0.726 e. The third kappa shape index (κ3) is 5.71. The predicted molar refractivity (Wildman–Crippen MR) is 137 cm³/mol. The second-order valence-corrected chi connectivity index (χ2v) is 14.2. The fourth-order valence-corrected chi connectivity index (χ4v) is 9.79. The summed E-state index contributed by atoms with van der Waals surface area (Å²) in [6.07, 6.45) is 11.8. The SMILES string of the molecule is C=C(C)C(C)C(C)C[C@@H](C)[C@H]1CC[C@H]2[C@@H]3CC=C4C[C@@H](OS(=O)(=O)[O-])CC[C@]4(C)[C@H]3CC[C@]12C.[Na+]. The minimum atomic E-state index is -4.64. The average molecular weight is 515 g/mol. The molecule has 6 heteroatoms. The van der Waals surface area contributed by atoms with E-state index in [1.54, 1.807) is 0 Å². The van der Waals surface area contributed by atoms with Gasteiger partial charge < -0.3 is 4.55 Å². The van der Waals surface area contributed by atoms with Crippen molar-refractivity contribution in [2.24, 2.45) is 52.3 Å². The van der Waals surface area contributed by atoms with Gasteiger partial charge in [-0.2, -0.15) is 0 Å². The zero-order valence-electron chi connectivity index (χ0n) is 23.3. The maximum absolute atomic E-state index is 11.1. The maximum Gasteiger partial charge on any atom is 1.00 e. The molecular formula is C29H47NaO4S. The Balaban J connectivity index is 0.00000342. The molecule has 0 bridgehead atoms. The van der Waals surface area contributed by atoms with Crippen molar-refractivity contribution in [3.63, 3.8) is 0 Å². The van der Waals surface area contributed by atoms with E-state index < -0.39 is 16.5 Å². The van der Waals surface area contributed by atoms with Gasteiger partial charge >= 0.3 is 29.6 Å². The van der Waals surface area contributed by atoms with Gasteiger partial charge in [0, 0.05) is 0 Å². The normalized spacial score (nSPS) is 41.3. The fourth-order valence-electron chi connectivity index (χ4n) is 9.29. The van der Waals surface area contributed by atoms with Crippen LogP contribution < -0.4 is 29.6 Å². The molecule has 4 aliphatic carbocycles. The van der Waals surface area contributed by atoms with Crippen LogP contribution in [0.2, 0.25) is 0 Å². The minimum Gasteiger partial charge on any atom is -0.726 e. The van der Waals surface area contributed by atoms with Crippen molar-refractivity contribution in [2.45, 2.75) is 105 Å². The van der Waals surface area contributed by atoms with Crippen molar-refractivity contribution in [1.29, 1.82) is 0 Å². The molecule has 35 heavy (non-hydrogen) atoms. The van der Waals surface area contributed by atoms with E-state index in [1.807, 2.05) is 0 Å². The van der Waals surface area contributed by atoms with Crippen LogP contribution in [0.1, 0.15) is 99.3 Å². The third-order valence-corrected chi connectivity index (χ3v) is 12.0.